The summed E-state index contributed by atoms with van der Waals surface area (Å²) in [5, 5.41) is 6.14. The van der Waals surface area contributed by atoms with Crippen LogP contribution in [0.15, 0.2) is 29.2 Å². The monoisotopic (exact) mass is 406 g/mol. The predicted octanol–water partition coefficient (Wildman–Crippen LogP) is 2.71. The summed E-state index contributed by atoms with van der Waals surface area (Å²) in [7, 11) is 0. The molecule has 0 radical (unpaired) electrons. The van der Waals surface area contributed by atoms with Crippen molar-refractivity contribution in [2.45, 2.75) is 13.3 Å². The van der Waals surface area contributed by atoms with Crippen molar-refractivity contribution in [3.05, 3.63) is 51.1 Å². The van der Waals surface area contributed by atoms with Gasteiger partial charge in [-0.15, -0.1) is 5.10 Å². The maximum Gasteiger partial charge on any atom is 0.293 e. The third-order valence-corrected chi connectivity index (χ3v) is 5.43. The number of imide groups is 1. The zero-order valence-corrected chi connectivity index (χ0v) is 15.9. The number of aryl methyl sites for hydroxylation is 1. The summed E-state index contributed by atoms with van der Waals surface area (Å²) < 4.78 is 16.7. The quantitative estimate of drug-likeness (QED) is 0.742. The van der Waals surface area contributed by atoms with Crippen LogP contribution in [0, 0.1) is 5.82 Å². The molecule has 7 nitrogen and oxygen atoms in total. The molecule has 0 unspecified atom stereocenters. The van der Waals surface area contributed by atoms with Crippen LogP contribution in [0.3, 0.4) is 0 Å². The first kappa shape index (κ1) is 19.2. The SMILES string of the molecule is CCc1nnsc1C(=O)NCCN1C(=O)S/C(=C\c2ccc(F)cc2)C1=O. The van der Waals surface area contributed by atoms with Gasteiger partial charge in [0.1, 0.15) is 10.7 Å². The van der Waals surface area contributed by atoms with E-state index in [0.717, 1.165) is 28.2 Å². The molecule has 10 heteroatoms. The van der Waals surface area contributed by atoms with Crippen molar-refractivity contribution < 1.29 is 18.8 Å². The van der Waals surface area contributed by atoms with E-state index in [-0.39, 0.29) is 29.7 Å². The number of amides is 3. The van der Waals surface area contributed by atoms with Gasteiger partial charge in [0.05, 0.1) is 10.6 Å². The Balaban J connectivity index is 1.59. The zero-order chi connectivity index (χ0) is 19.4. The molecule has 2 aromatic rings. The van der Waals surface area contributed by atoms with Gasteiger partial charge in [-0.25, -0.2) is 4.39 Å². The van der Waals surface area contributed by atoms with Crippen LogP contribution in [0.25, 0.3) is 6.08 Å². The van der Waals surface area contributed by atoms with E-state index in [1.165, 1.54) is 24.3 Å². The Morgan fingerprint density at radius 1 is 1.30 bits per heavy atom. The van der Waals surface area contributed by atoms with E-state index in [4.69, 9.17) is 0 Å². The first-order chi connectivity index (χ1) is 13.0. The minimum absolute atomic E-state index is 0.0604. The van der Waals surface area contributed by atoms with Crippen molar-refractivity contribution in [1.29, 1.82) is 0 Å². The number of thioether (sulfide) groups is 1. The lowest BCUT2D eigenvalue weighted by molar-refractivity contribution is -0.122. The number of carbonyl (C=O) groups is 3. The molecule has 1 aromatic carbocycles. The molecule has 3 rings (SSSR count). The minimum atomic E-state index is -0.433. The van der Waals surface area contributed by atoms with E-state index in [0.29, 0.717) is 22.6 Å². The van der Waals surface area contributed by atoms with Crippen molar-refractivity contribution in [3.8, 4) is 0 Å². The molecule has 1 aliphatic heterocycles. The Hall–Kier alpha value is -2.59. The van der Waals surface area contributed by atoms with Gasteiger partial charge in [-0.1, -0.05) is 23.5 Å². The van der Waals surface area contributed by atoms with Crippen LogP contribution in [0.5, 0.6) is 0 Å². The number of nitrogens with zero attached hydrogens (tertiary/aromatic N) is 3. The number of nitrogens with one attached hydrogen (secondary N) is 1. The Bertz CT molecular complexity index is 911. The molecular weight excluding hydrogens is 391 g/mol. The molecule has 2 heterocycles. The summed E-state index contributed by atoms with van der Waals surface area (Å²) in [5.74, 6) is -1.13. The largest absolute Gasteiger partial charge is 0.349 e. The second-order valence-corrected chi connectivity index (χ2v) is 7.29. The summed E-state index contributed by atoms with van der Waals surface area (Å²) in [4.78, 5) is 38.4. The molecule has 1 saturated heterocycles. The van der Waals surface area contributed by atoms with Gasteiger partial charge < -0.3 is 5.32 Å². The molecule has 0 saturated carbocycles. The number of halogens is 1. The van der Waals surface area contributed by atoms with Crippen molar-refractivity contribution in [3.63, 3.8) is 0 Å². The van der Waals surface area contributed by atoms with E-state index in [2.05, 4.69) is 14.9 Å². The van der Waals surface area contributed by atoms with E-state index in [1.54, 1.807) is 6.08 Å². The molecule has 3 amide bonds. The first-order valence-electron chi connectivity index (χ1n) is 8.10. The highest BCUT2D eigenvalue weighted by Gasteiger charge is 2.34. The molecule has 1 aliphatic rings. The van der Waals surface area contributed by atoms with Gasteiger partial charge in [0.15, 0.2) is 0 Å². The summed E-state index contributed by atoms with van der Waals surface area (Å²) in [6.07, 6.45) is 2.13. The Morgan fingerprint density at radius 2 is 2.04 bits per heavy atom. The average Bonchev–Trinajstić information content (AvgIpc) is 3.23. The third kappa shape index (κ3) is 4.40. The molecule has 0 bridgehead atoms. The van der Waals surface area contributed by atoms with Crippen LogP contribution < -0.4 is 5.32 Å². The van der Waals surface area contributed by atoms with Crippen LogP contribution in [-0.2, 0) is 11.2 Å². The fourth-order valence-corrected chi connectivity index (χ4v) is 3.91. The lowest BCUT2D eigenvalue weighted by atomic mass is 10.2. The van der Waals surface area contributed by atoms with Crippen molar-refractivity contribution in [2.24, 2.45) is 0 Å². The molecule has 0 aliphatic carbocycles. The fourth-order valence-electron chi connectivity index (χ4n) is 2.38. The van der Waals surface area contributed by atoms with E-state index >= 15 is 0 Å². The summed E-state index contributed by atoms with van der Waals surface area (Å²) in [6.45, 7) is 2.06. The highest BCUT2D eigenvalue weighted by atomic mass is 32.2. The molecule has 0 atom stereocenters. The fraction of sp³-hybridized carbons (Fsp3) is 0.235. The lowest BCUT2D eigenvalue weighted by Gasteiger charge is -2.12. The highest BCUT2D eigenvalue weighted by Crippen LogP contribution is 2.31. The Morgan fingerprint density at radius 3 is 2.74 bits per heavy atom. The molecule has 1 N–H and O–H groups in total. The molecule has 140 valence electrons. The van der Waals surface area contributed by atoms with Crippen molar-refractivity contribution in [1.82, 2.24) is 19.8 Å². The van der Waals surface area contributed by atoms with Crippen LogP contribution in [0.1, 0.15) is 27.9 Å². The standard InChI is InChI=1S/C17H15FN4O3S2/c1-2-12-14(27-21-20-12)15(23)19-7-8-22-16(24)13(26-17(22)25)9-10-3-5-11(18)6-4-10/h3-6,9H,2,7-8H2,1H3,(H,19,23)/b13-9-. The van der Waals surface area contributed by atoms with Crippen molar-refractivity contribution in [2.75, 3.05) is 13.1 Å². The molecule has 1 fully saturated rings. The smallest absolute Gasteiger partial charge is 0.293 e. The second-order valence-electron chi connectivity index (χ2n) is 5.54. The highest BCUT2D eigenvalue weighted by molar-refractivity contribution is 8.18. The van der Waals surface area contributed by atoms with Gasteiger partial charge in [-0.05, 0) is 53.5 Å². The van der Waals surface area contributed by atoms with Crippen LogP contribution in [-0.4, -0.2) is 44.6 Å². The summed E-state index contributed by atoms with van der Waals surface area (Å²) >= 11 is 1.83. The first-order valence-corrected chi connectivity index (χ1v) is 9.69. The number of hydrogen-bond donors (Lipinski definition) is 1. The molecule has 0 spiro atoms. The van der Waals surface area contributed by atoms with Crippen LogP contribution in [0.4, 0.5) is 9.18 Å². The number of benzene rings is 1. The molecule has 1 aromatic heterocycles. The van der Waals surface area contributed by atoms with E-state index in [1.807, 2.05) is 6.92 Å². The van der Waals surface area contributed by atoms with Crippen LogP contribution in [0.2, 0.25) is 0 Å². The number of aromatic nitrogens is 2. The van der Waals surface area contributed by atoms with Crippen LogP contribution >= 0.6 is 23.3 Å². The Labute approximate surface area is 162 Å². The number of carbonyl (C=O) groups excluding carboxylic acids is 3. The van der Waals surface area contributed by atoms with Gasteiger partial charge >= 0.3 is 0 Å². The van der Waals surface area contributed by atoms with Gasteiger partial charge in [-0.3, -0.25) is 19.3 Å². The van der Waals surface area contributed by atoms with E-state index in [9.17, 15) is 18.8 Å². The number of rotatable bonds is 6. The normalized spacial score (nSPS) is 15.6. The lowest BCUT2D eigenvalue weighted by Crippen LogP contribution is -2.37. The van der Waals surface area contributed by atoms with Gasteiger partial charge in [0.25, 0.3) is 17.1 Å². The van der Waals surface area contributed by atoms with Crippen molar-refractivity contribution >= 4 is 46.4 Å². The molecule has 27 heavy (non-hydrogen) atoms. The average molecular weight is 406 g/mol. The Kier molecular flexibility index (Phi) is 5.97. The summed E-state index contributed by atoms with van der Waals surface area (Å²) in [6, 6.07) is 5.62. The second kappa shape index (κ2) is 8.40. The maximum absolute atomic E-state index is 13.0. The van der Waals surface area contributed by atoms with Gasteiger partial charge in [-0.2, -0.15) is 0 Å². The summed E-state index contributed by atoms with van der Waals surface area (Å²) in [5.41, 5.74) is 1.24. The minimum Gasteiger partial charge on any atom is -0.349 e. The topological polar surface area (TPSA) is 92.3 Å². The van der Waals surface area contributed by atoms with Gasteiger partial charge in [0, 0.05) is 13.1 Å². The zero-order valence-electron chi connectivity index (χ0n) is 14.3. The predicted molar refractivity (Wildman–Crippen MR) is 101 cm³/mol. The van der Waals surface area contributed by atoms with Gasteiger partial charge in [0.2, 0.25) is 0 Å². The molecular formula is C17H15FN4O3S2. The third-order valence-electron chi connectivity index (χ3n) is 3.76. The van der Waals surface area contributed by atoms with E-state index < -0.39 is 11.1 Å². The maximum atomic E-state index is 13.0. The number of hydrogen-bond acceptors (Lipinski definition) is 7.